The Balaban J connectivity index is 2.52. The molecule has 0 spiro atoms. The summed E-state index contributed by atoms with van der Waals surface area (Å²) < 4.78 is 0. The fourth-order valence-electron chi connectivity index (χ4n) is 3.10. The maximum absolute atomic E-state index is 11.1. The lowest BCUT2D eigenvalue weighted by molar-refractivity contribution is -0.117. The first-order chi connectivity index (χ1) is 7.42. The Morgan fingerprint density at radius 1 is 1.50 bits per heavy atom. The van der Waals surface area contributed by atoms with Gasteiger partial charge in [0.1, 0.15) is 0 Å². The van der Waals surface area contributed by atoms with Gasteiger partial charge in [-0.1, -0.05) is 39.0 Å². The molecule has 1 aromatic rings. The molecule has 0 aromatic heterocycles. The number of carbonyl (C=O) groups excluding carboxylic acids is 1. The SMILES string of the molecule is CC1CC(C)(C)c2cccc(CC(N)=O)c21. The molecule has 1 aromatic carbocycles. The van der Waals surface area contributed by atoms with Crippen molar-refractivity contribution in [2.24, 2.45) is 5.73 Å². The van der Waals surface area contributed by atoms with Crippen molar-refractivity contribution < 1.29 is 4.79 Å². The van der Waals surface area contributed by atoms with Crippen LogP contribution in [-0.2, 0) is 16.6 Å². The van der Waals surface area contributed by atoms with Gasteiger partial charge < -0.3 is 5.73 Å². The van der Waals surface area contributed by atoms with Gasteiger partial charge in [-0.3, -0.25) is 4.79 Å². The number of primary amides is 1. The Kier molecular flexibility index (Phi) is 2.53. The molecule has 1 unspecified atom stereocenters. The van der Waals surface area contributed by atoms with E-state index in [1.807, 2.05) is 12.1 Å². The van der Waals surface area contributed by atoms with E-state index >= 15 is 0 Å². The number of carbonyl (C=O) groups is 1. The van der Waals surface area contributed by atoms with Gasteiger partial charge in [-0.05, 0) is 34.4 Å². The molecule has 0 radical (unpaired) electrons. The molecule has 1 aliphatic carbocycles. The molecule has 86 valence electrons. The molecule has 0 saturated heterocycles. The third-order valence-corrected chi connectivity index (χ3v) is 3.60. The van der Waals surface area contributed by atoms with E-state index in [9.17, 15) is 4.79 Å². The van der Waals surface area contributed by atoms with Gasteiger partial charge in [0.15, 0.2) is 0 Å². The van der Waals surface area contributed by atoms with E-state index in [2.05, 4.69) is 26.8 Å². The molecular formula is C14H19NO. The first-order valence-corrected chi connectivity index (χ1v) is 5.82. The Labute approximate surface area is 96.8 Å². The molecule has 1 atom stereocenters. The van der Waals surface area contributed by atoms with E-state index in [-0.39, 0.29) is 11.3 Å². The van der Waals surface area contributed by atoms with Gasteiger partial charge in [0.2, 0.25) is 5.91 Å². The van der Waals surface area contributed by atoms with Gasteiger partial charge in [-0.25, -0.2) is 0 Å². The predicted octanol–water partition coefficient (Wildman–Crippen LogP) is 2.50. The fraction of sp³-hybridized carbons (Fsp3) is 0.500. The molecule has 0 aliphatic heterocycles. The highest BCUT2D eigenvalue weighted by atomic mass is 16.1. The fourth-order valence-corrected chi connectivity index (χ4v) is 3.10. The predicted molar refractivity (Wildman–Crippen MR) is 65.4 cm³/mol. The Hall–Kier alpha value is -1.31. The van der Waals surface area contributed by atoms with Crippen LogP contribution in [-0.4, -0.2) is 5.91 Å². The quantitative estimate of drug-likeness (QED) is 0.812. The molecule has 0 bridgehead atoms. The van der Waals surface area contributed by atoms with E-state index < -0.39 is 0 Å². The maximum Gasteiger partial charge on any atom is 0.221 e. The van der Waals surface area contributed by atoms with Crippen LogP contribution >= 0.6 is 0 Å². The highest BCUT2D eigenvalue weighted by molar-refractivity contribution is 5.77. The molecule has 2 N–H and O–H groups in total. The summed E-state index contributed by atoms with van der Waals surface area (Å²) >= 11 is 0. The number of nitrogens with two attached hydrogens (primary N) is 1. The zero-order valence-electron chi connectivity index (χ0n) is 10.2. The minimum atomic E-state index is -0.245. The lowest BCUT2D eigenvalue weighted by Crippen LogP contribution is -2.16. The van der Waals surface area contributed by atoms with Crippen molar-refractivity contribution in [3.8, 4) is 0 Å². The smallest absolute Gasteiger partial charge is 0.221 e. The van der Waals surface area contributed by atoms with Crippen molar-refractivity contribution in [2.75, 3.05) is 0 Å². The minimum Gasteiger partial charge on any atom is -0.369 e. The standard InChI is InChI=1S/C14H19NO/c1-9-8-14(2,3)11-6-4-5-10(13(9)11)7-12(15)16/h4-6,9H,7-8H2,1-3H3,(H2,15,16). The second kappa shape index (κ2) is 3.62. The van der Waals surface area contributed by atoms with Crippen LogP contribution in [0.2, 0.25) is 0 Å². The Morgan fingerprint density at radius 2 is 2.19 bits per heavy atom. The van der Waals surface area contributed by atoms with Crippen molar-refractivity contribution in [1.82, 2.24) is 0 Å². The lowest BCUT2D eigenvalue weighted by Gasteiger charge is -2.19. The Morgan fingerprint density at radius 3 is 2.81 bits per heavy atom. The van der Waals surface area contributed by atoms with Crippen LogP contribution in [0, 0.1) is 0 Å². The first kappa shape index (κ1) is 11.2. The molecule has 16 heavy (non-hydrogen) atoms. The number of benzene rings is 1. The number of hydrogen-bond acceptors (Lipinski definition) is 1. The van der Waals surface area contributed by atoms with Gasteiger partial charge in [0.25, 0.3) is 0 Å². The van der Waals surface area contributed by atoms with Crippen LogP contribution in [0.15, 0.2) is 18.2 Å². The first-order valence-electron chi connectivity index (χ1n) is 5.82. The summed E-state index contributed by atoms with van der Waals surface area (Å²) in [6.45, 7) is 6.77. The van der Waals surface area contributed by atoms with Crippen molar-refractivity contribution in [1.29, 1.82) is 0 Å². The summed E-state index contributed by atoms with van der Waals surface area (Å²) in [5, 5.41) is 0. The summed E-state index contributed by atoms with van der Waals surface area (Å²) in [6.07, 6.45) is 1.52. The van der Waals surface area contributed by atoms with E-state index in [4.69, 9.17) is 5.73 Å². The van der Waals surface area contributed by atoms with Crippen molar-refractivity contribution >= 4 is 5.91 Å². The second-order valence-corrected chi connectivity index (χ2v) is 5.51. The van der Waals surface area contributed by atoms with E-state index in [1.54, 1.807) is 0 Å². The minimum absolute atomic E-state index is 0.225. The number of amides is 1. The largest absolute Gasteiger partial charge is 0.369 e. The van der Waals surface area contributed by atoms with Gasteiger partial charge >= 0.3 is 0 Å². The van der Waals surface area contributed by atoms with Crippen molar-refractivity contribution in [3.63, 3.8) is 0 Å². The third kappa shape index (κ3) is 1.73. The molecular weight excluding hydrogens is 198 g/mol. The van der Waals surface area contributed by atoms with E-state index in [0.717, 1.165) is 12.0 Å². The molecule has 1 amide bonds. The summed E-state index contributed by atoms with van der Waals surface area (Å²) in [4.78, 5) is 11.1. The second-order valence-electron chi connectivity index (χ2n) is 5.51. The number of hydrogen-bond donors (Lipinski definition) is 1. The van der Waals surface area contributed by atoms with Crippen LogP contribution in [0.4, 0.5) is 0 Å². The van der Waals surface area contributed by atoms with Gasteiger partial charge in [0.05, 0.1) is 6.42 Å². The summed E-state index contributed by atoms with van der Waals surface area (Å²) in [7, 11) is 0. The maximum atomic E-state index is 11.1. The number of fused-ring (bicyclic) bond motifs is 1. The van der Waals surface area contributed by atoms with Crippen molar-refractivity contribution in [2.45, 2.75) is 44.9 Å². The van der Waals surface area contributed by atoms with Crippen molar-refractivity contribution in [3.05, 3.63) is 34.9 Å². The van der Waals surface area contributed by atoms with Crippen LogP contribution in [0.3, 0.4) is 0 Å². The van der Waals surface area contributed by atoms with Crippen LogP contribution < -0.4 is 5.73 Å². The Bertz CT molecular complexity index is 434. The highest BCUT2D eigenvalue weighted by Crippen LogP contribution is 2.46. The average Bonchev–Trinajstić information content (AvgIpc) is 2.37. The summed E-state index contributed by atoms with van der Waals surface area (Å²) in [6, 6.07) is 6.25. The van der Waals surface area contributed by atoms with Gasteiger partial charge in [0, 0.05) is 0 Å². The molecule has 0 saturated carbocycles. The molecule has 2 heteroatoms. The summed E-state index contributed by atoms with van der Waals surface area (Å²) in [5.41, 5.74) is 9.37. The van der Waals surface area contributed by atoms with E-state index in [0.29, 0.717) is 12.3 Å². The van der Waals surface area contributed by atoms with Gasteiger partial charge in [-0.15, -0.1) is 0 Å². The monoisotopic (exact) mass is 217 g/mol. The van der Waals surface area contributed by atoms with Crippen LogP contribution in [0.1, 0.15) is 49.8 Å². The molecule has 2 rings (SSSR count). The highest BCUT2D eigenvalue weighted by Gasteiger charge is 2.35. The number of rotatable bonds is 2. The molecule has 2 nitrogen and oxygen atoms in total. The normalized spacial score (nSPS) is 21.8. The molecule has 1 aliphatic rings. The van der Waals surface area contributed by atoms with E-state index in [1.165, 1.54) is 11.1 Å². The molecule has 0 fully saturated rings. The van der Waals surface area contributed by atoms with Crippen LogP contribution in [0.25, 0.3) is 0 Å². The topological polar surface area (TPSA) is 43.1 Å². The lowest BCUT2D eigenvalue weighted by atomic mass is 9.86. The summed E-state index contributed by atoms with van der Waals surface area (Å²) in [5.74, 6) is 0.283. The zero-order chi connectivity index (χ0) is 11.9. The third-order valence-electron chi connectivity index (χ3n) is 3.60. The molecule has 0 heterocycles. The zero-order valence-corrected chi connectivity index (χ0v) is 10.2. The average molecular weight is 217 g/mol. The van der Waals surface area contributed by atoms with Crippen LogP contribution in [0.5, 0.6) is 0 Å². The van der Waals surface area contributed by atoms with Gasteiger partial charge in [-0.2, -0.15) is 0 Å².